The summed E-state index contributed by atoms with van der Waals surface area (Å²) in [6, 6.07) is 26.2. The third-order valence-electron chi connectivity index (χ3n) is 5.58. The van der Waals surface area contributed by atoms with Gasteiger partial charge in [0.05, 0.1) is 24.1 Å². The molecule has 6 nitrogen and oxygen atoms in total. The average molecular weight is 449 g/mol. The van der Waals surface area contributed by atoms with E-state index in [0.29, 0.717) is 23.4 Å². The SMILES string of the molecule is COc1ccc(CN(c2ccccc2)c2cc(-c3ccc(F)c(C#N)c3)nn3ccnc23)cc1. The van der Waals surface area contributed by atoms with E-state index in [1.807, 2.05) is 66.7 Å². The summed E-state index contributed by atoms with van der Waals surface area (Å²) in [5.74, 6) is 0.238. The molecule has 2 heterocycles. The lowest BCUT2D eigenvalue weighted by atomic mass is 10.1. The number of nitriles is 1. The standard InChI is InChI=1S/C27H20FN5O/c1-34-23-10-7-19(8-11-23)18-32(22-5-3-2-4-6-22)26-16-25(31-33-14-13-30-27(26)33)20-9-12-24(28)21(15-20)17-29/h2-16H,18H2,1H3. The first kappa shape index (κ1) is 21.2. The molecule has 2 aromatic heterocycles. The van der Waals surface area contributed by atoms with Crippen LogP contribution in [0.1, 0.15) is 11.1 Å². The predicted octanol–water partition coefficient (Wildman–Crippen LogP) is 5.75. The first-order valence-electron chi connectivity index (χ1n) is 10.7. The van der Waals surface area contributed by atoms with Gasteiger partial charge in [-0.05, 0) is 54.1 Å². The van der Waals surface area contributed by atoms with Gasteiger partial charge in [-0.3, -0.25) is 0 Å². The normalized spacial score (nSPS) is 10.7. The zero-order valence-corrected chi connectivity index (χ0v) is 18.4. The Bertz CT molecular complexity index is 1490. The van der Waals surface area contributed by atoms with Gasteiger partial charge in [0.2, 0.25) is 0 Å². The van der Waals surface area contributed by atoms with E-state index in [1.54, 1.807) is 30.1 Å². The van der Waals surface area contributed by atoms with Crippen molar-refractivity contribution in [2.45, 2.75) is 6.54 Å². The fourth-order valence-corrected chi connectivity index (χ4v) is 3.85. The van der Waals surface area contributed by atoms with Crippen LogP contribution in [0.25, 0.3) is 16.9 Å². The summed E-state index contributed by atoms with van der Waals surface area (Å²) in [5.41, 5.74) is 4.81. The summed E-state index contributed by atoms with van der Waals surface area (Å²) < 4.78 is 20.9. The number of aromatic nitrogens is 3. The highest BCUT2D eigenvalue weighted by Gasteiger charge is 2.18. The predicted molar refractivity (Wildman–Crippen MR) is 128 cm³/mol. The number of halogens is 1. The van der Waals surface area contributed by atoms with Crippen LogP contribution in [0, 0.1) is 17.1 Å². The van der Waals surface area contributed by atoms with Crippen LogP contribution in [0.4, 0.5) is 15.8 Å². The molecule has 0 radical (unpaired) electrons. The lowest BCUT2D eigenvalue weighted by Crippen LogP contribution is -2.18. The van der Waals surface area contributed by atoms with Crippen molar-refractivity contribution in [3.8, 4) is 23.1 Å². The molecule has 0 bridgehead atoms. The van der Waals surface area contributed by atoms with E-state index in [2.05, 4.69) is 15.0 Å². The van der Waals surface area contributed by atoms with Crippen LogP contribution in [0.2, 0.25) is 0 Å². The van der Waals surface area contributed by atoms with Gasteiger partial charge in [0.15, 0.2) is 5.65 Å². The molecule has 0 fully saturated rings. The lowest BCUT2D eigenvalue weighted by molar-refractivity contribution is 0.414. The van der Waals surface area contributed by atoms with Crippen molar-refractivity contribution >= 4 is 17.0 Å². The van der Waals surface area contributed by atoms with Crippen LogP contribution in [-0.4, -0.2) is 21.7 Å². The van der Waals surface area contributed by atoms with E-state index in [0.717, 1.165) is 22.7 Å². The molecule has 0 spiro atoms. The van der Waals surface area contributed by atoms with E-state index in [9.17, 15) is 9.65 Å². The molecular weight excluding hydrogens is 429 g/mol. The Morgan fingerprint density at radius 3 is 2.56 bits per heavy atom. The molecule has 0 amide bonds. The van der Waals surface area contributed by atoms with Gasteiger partial charge in [0.1, 0.15) is 17.6 Å². The second-order valence-electron chi connectivity index (χ2n) is 7.69. The van der Waals surface area contributed by atoms with E-state index >= 15 is 0 Å². The third-order valence-corrected chi connectivity index (χ3v) is 5.58. The van der Waals surface area contributed by atoms with Crippen molar-refractivity contribution in [1.82, 2.24) is 14.6 Å². The molecule has 0 N–H and O–H groups in total. The van der Waals surface area contributed by atoms with Crippen LogP contribution in [-0.2, 0) is 6.54 Å². The van der Waals surface area contributed by atoms with Crippen molar-refractivity contribution in [1.29, 1.82) is 5.26 Å². The molecule has 3 aromatic carbocycles. The first-order valence-corrected chi connectivity index (χ1v) is 10.7. The molecule has 166 valence electrons. The quantitative estimate of drug-likeness (QED) is 0.330. The van der Waals surface area contributed by atoms with Gasteiger partial charge in [-0.25, -0.2) is 13.9 Å². The Morgan fingerprint density at radius 2 is 1.82 bits per heavy atom. The fraction of sp³-hybridized carbons (Fsp3) is 0.0741. The molecule has 0 aliphatic rings. The second-order valence-corrected chi connectivity index (χ2v) is 7.69. The van der Waals surface area contributed by atoms with E-state index in [-0.39, 0.29) is 5.56 Å². The highest BCUT2D eigenvalue weighted by atomic mass is 19.1. The van der Waals surface area contributed by atoms with Crippen LogP contribution in [0.5, 0.6) is 5.75 Å². The zero-order chi connectivity index (χ0) is 23.5. The maximum Gasteiger partial charge on any atom is 0.177 e. The fourth-order valence-electron chi connectivity index (χ4n) is 3.85. The molecule has 34 heavy (non-hydrogen) atoms. The molecule has 7 heteroatoms. The van der Waals surface area contributed by atoms with Gasteiger partial charge >= 0.3 is 0 Å². The molecular formula is C27H20FN5O. The minimum Gasteiger partial charge on any atom is -0.497 e. The molecule has 0 aliphatic heterocycles. The minimum atomic E-state index is -0.555. The topological polar surface area (TPSA) is 66.5 Å². The Labute approximate surface area is 196 Å². The third kappa shape index (κ3) is 4.05. The number of hydrogen-bond acceptors (Lipinski definition) is 5. The average Bonchev–Trinajstić information content (AvgIpc) is 3.37. The maximum atomic E-state index is 13.9. The molecule has 0 unspecified atom stereocenters. The van der Waals surface area contributed by atoms with Gasteiger partial charge in [-0.15, -0.1) is 0 Å². The Hall–Kier alpha value is -4.70. The molecule has 0 atom stereocenters. The Balaban J connectivity index is 1.66. The van der Waals surface area contributed by atoms with Gasteiger partial charge in [0, 0.05) is 30.2 Å². The van der Waals surface area contributed by atoms with Gasteiger partial charge in [0.25, 0.3) is 0 Å². The molecule has 0 saturated carbocycles. The Kier molecular flexibility index (Phi) is 5.63. The number of ether oxygens (including phenoxy) is 1. The number of para-hydroxylation sites is 1. The number of imidazole rings is 1. The first-order chi connectivity index (χ1) is 16.7. The van der Waals surface area contributed by atoms with E-state index in [1.165, 1.54) is 12.1 Å². The largest absolute Gasteiger partial charge is 0.497 e. The van der Waals surface area contributed by atoms with Crippen LogP contribution < -0.4 is 9.64 Å². The Morgan fingerprint density at radius 1 is 1.03 bits per heavy atom. The van der Waals surface area contributed by atoms with Crippen molar-refractivity contribution < 1.29 is 9.13 Å². The highest BCUT2D eigenvalue weighted by Crippen LogP contribution is 2.33. The second kappa shape index (κ2) is 9.04. The summed E-state index contributed by atoms with van der Waals surface area (Å²) in [6.07, 6.45) is 3.46. The molecule has 5 rings (SSSR count). The zero-order valence-electron chi connectivity index (χ0n) is 18.4. The van der Waals surface area contributed by atoms with Crippen molar-refractivity contribution in [2.75, 3.05) is 12.0 Å². The van der Waals surface area contributed by atoms with Gasteiger partial charge in [-0.2, -0.15) is 10.4 Å². The lowest BCUT2D eigenvalue weighted by Gasteiger charge is -2.26. The number of rotatable bonds is 6. The van der Waals surface area contributed by atoms with E-state index < -0.39 is 5.82 Å². The highest BCUT2D eigenvalue weighted by molar-refractivity contribution is 5.80. The van der Waals surface area contributed by atoms with Gasteiger partial charge in [-0.1, -0.05) is 30.3 Å². The molecule has 0 aliphatic carbocycles. The van der Waals surface area contributed by atoms with E-state index in [4.69, 9.17) is 4.74 Å². The molecule has 0 saturated heterocycles. The number of benzene rings is 3. The number of nitrogens with zero attached hydrogens (tertiary/aromatic N) is 5. The minimum absolute atomic E-state index is 0.0234. The van der Waals surface area contributed by atoms with Crippen molar-refractivity contribution in [2.24, 2.45) is 0 Å². The van der Waals surface area contributed by atoms with Crippen LogP contribution >= 0.6 is 0 Å². The monoisotopic (exact) mass is 449 g/mol. The van der Waals surface area contributed by atoms with Crippen LogP contribution in [0.15, 0.2) is 91.3 Å². The summed E-state index contributed by atoms with van der Waals surface area (Å²) in [6.45, 7) is 0.576. The number of anilines is 2. The van der Waals surface area contributed by atoms with Crippen molar-refractivity contribution in [3.63, 3.8) is 0 Å². The number of fused-ring (bicyclic) bond motifs is 1. The van der Waals surface area contributed by atoms with Crippen molar-refractivity contribution in [3.05, 3.63) is 108 Å². The summed E-state index contributed by atoms with van der Waals surface area (Å²) in [4.78, 5) is 6.70. The smallest absolute Gasteiger partial charge is 0.177 e. The van der Waals surface area contributed by atoms with Gasteiger partial charge < -0.3 is 9.64 Å². The molecule has 5 aromatic rings. The number of methoxy groups -OCH3 is 1. The summed E-state index contributed by atoms with van der Waals surface area (Å²) in [7, 11) is 1.64. The maximum absolute atomic E-state index is 13.9. The number of hydrogen-bond donors (Lipinski definition) is 0. The summed E-state index contributed by atoms with van der Waals surface area (Å²) >= 11 is 0. The summed E-state index contributed by atoms with van der Waals surface area (Å²) in [5, 5.41) is 13.9. The van der Waals surface area contributed by atoms with Crippen LogP contribution in [0.3, 0.4) is 0 Å².